The number of hydrogen-bond donors (Lipinski definition) is 1. The lowest BCUT2D eigenvalue weighted by Gasteiger charge is -2.26. The minimum absolute atomic E-state index is 0.0963. The van der Waals surface area contributed by atoms with Gasteiger partial charge in [0.25, 0.3) is 0 Å². The normalized spacial score (nSPS) is 15.9. The van der Waals surface area contributed by atoms with Gasteiger partial charge in [-0.05, 0) is 62.1 Å². The molecule has 1 heterocycles. The molecular weight excluding hydrogens is 428 g/mol. The predicted octanol–water partition coefficient (Wildman–Crippen LogP) is 3.14. The van der Waals surface area contributed by atoms with Crippen LogP contribution in [0, 0.1) is 13.8 Å². The quantitative estimate of drug-likeness (QED) is 0.654. The number of aryl methyl sites for hydroxylation is 3. The van der Waals surface area contributed by atoms with Crippen LogP contribution in [0.15, 0.2) is 41.3 Å². The smallest absolute Gasteiger partial charge is 0.243 e. The molecule has 0 aliphatic carbocycles. The van der Waals surface area contributed by atoms with E-state index in [9.17, 15) is 13.2 Å². The average molecular weight is 461 g/mol. The van der Waals surface area contributed by atoms with Crippen molar-refractivity contribution in [2.75, 3.05) is 33.4 Å². The summed E-state index contributed by atoms with van der Waals surface area (Å²) in [7, 11) is -2.08. The van der Waals surface area contributed by atoms with Crippen LogP contribution in [0.3, 0.4) is 0 Å². The Morgan fingerprint density at radius 3 is 2.53 bits per heavy atom. The van der Waals surface area contributed by atoms with E-state index in [0.29, 0.717) is 44.0 Å². The molecule has 0 radical (unpaired) electrons. The minimum atomic E-state index is -3.61. The highest BCUT2D eigenvalue weighted by atomic mass is 32.2. The Hall–Kier alpha value is -2.42. The number of amides is 1. The molecular formula is C24H32N2O5S. The number of ether oxygens (including phenoxy) is 2. The van der Waals surface area contributed by atoms with Crippen molar-refractivity contribution in [2.45, 2.75) is 44.6 Å². The van der Waals surface area contributed by atoms with Gasteiger partial charge < -0.3 is 14.8 Å². The van der Waals surface area contributed by atoms with Gasteiger partial charge in [0.2, 0.25) is 15.9 Å². The number of rotatable bonds is 8. The average Bonchev–Trinajstić information content (AvgIpc) is 2.77. The van der Waals surface area contributed by atoms with Gasteiger partial charge in [-0.25, -0.2) is 8.42 Å². The lowest BCUT2D eigenvalue weighted by molar-refractivity contribution is -0.121. The molecule has 0 unspecified atom stereocenters. The summed E-state index contributed by atoms with van der Waals surface area (Å²) < 4.78 is 38.1. The summed E-state index contributed by atoms with van der Waals surface area (Å²) in [5.41, 5.74) is 4.10. The van der Waals surface area contributed by atoms with Gasteiger partial charge in [0.15, 0.2) is 0 Å². The van der Waals surface area contributed by atoms with Crippen LogP contribution in [0.5, 0.6) is 5.75 Å². The largest absolute Gasteiger partial charge is 0.496 e. The van der Waals surface area contributed by atoms with E-state index in [1.807, 2.05) is 32.9 Å². The highest BCUT2D eigenvalue weighted by Crippen LogP contribution is 2.26. The first-order valence-corrected chi connectivity index (χ1v) is 12.3. The zero-order valence-electron chi connectivity index (χ0n) is 19.2. The highest BCUT2D eigenvalue weighted by molar-refractivity contribution is 7.89. The SMILES string of the molecule is COc1ccc(S(=O)(=O)N2CCOCC2)cc1CCC(=O)N[C@@H](C)c1ccc(C)cc1C. The van der Waals surface area contributed by atoms with Crippen LogP contribution in [0.2, 0.25) is 0 Å². The third-order valence-electron chi connectivity index (χ3n) is 5.75. The van der Waals surface area contributed by atoms with Crippen molar-refractivity contribution in [3.05, 3.63) is 58.7 Å². The van der Waals surface area contributed by atoms with Gasteiger partial charge in [0, 0.05) is 19.5 Å². The zero-order chi connectivity index (χ0) is 23.3. The Kier molecular flexibility index (Phi) is 7.92. The molecule has 1 N–H and O–H groups in total. The van der Waals surface area contributed by atoms with E-state index >= 15 is 0 Å². The summed E-state index contributed by atoms with van der Waals surface area (Å²) in [6.45, 7) is 7.50. The van der Waals surface area contributed by atoms with Crippen LogP contribution in [0.4, 0.5) is 0 Å². The molecule has 1 saturated heterocycles. The topological polar surface area (TPSA) is 84.9 Å². The number of hydrogen-bond acceptors (Lipinski definition) is 5. The maximum Gasteiger partial charge on any atom is 0.243 e. The van der Waals surface area contributed by atoms with Crippen molar-refractivity contribution in [1.82, 2.24) is 9.62 Å². The lowest BCUT2D eigenvalue weighted by Crippen LogP contribution is -2.40. The van der Waals surface area contributed by atoms with Crippen LogP contribution in [0.1, 0.15) is 41.6 Å². The standard InChI is InChI=1S/C24H32N2O5S/c1-17-5-8-22(18(2)15-17)19(3)25-24(27)10-6-20-16-21(7-9-23(20)30-4)32(28,29)26-11-13-31-14-12-26/h5,7-9,15-16,19H,6,10-14H2,1-4H3,(H,25,27)/t19-/m0/s1. The van der Waals surface area contributed by atoms with Gasteiger partial charge in [-0.15, -0.1) is 0 Å². The Morgan fingerprint density at radius 2 is 1.88 bits per heavy atom. The molecule has 2 aromatic rings. The van der Waals surface area contributed by atoms with Gasteiger partial charge in [0.05, 0.1) is 31.3 Å². The predicted molar refractivity (Wildman–Crippen MR) is 123 cm³/mol. The molecule has 1 fully saturated rings. The summed E-state index contributed by atoms with van der Waals surface area (Å²) >= 11 is 0. The molecule has 0 aromatic heterocycles. The number of nitrogens with one attached hydrogen (secondary N) is 1. The second kappa shape index (κ2) is 10.5. The van der Waals surface area contributed by atoms with Crippen molar-refractivity contribution in [3.8, 4) is 5.75 Å². The monoisotopic (exact) mass is 460 g/mol. The van der Waals surface area contributed by atoms with E-state index in [1.165, 1.54) is 17.0 Å². The first-order chi connectivity index (χ1) is 15.2. The molecule has 0 spiro atoms. The first-order valence-electron chi connectivity index (χ1n) is 10.8. The Morgan fingerprint density at radius 1 is 1.16 bits per heavy atom. The second-order valence-corrected chi connectivity index (χ2v) is 10.1. The Bertz CT molecular complexity index is 1060. The molecule has 1 aliphatic heterocycles. The fourth-order valence-electron chi connectivity index (χ4n) is 4.00. The molecule has 7 nitrogen and oxygen atoms in total. The van der Waals surface area contributed by atoms with Gasteiger partial charge in [-0.1, -0.05) is 23.8 Å². The number of carbonyl (C=O) groups is 1. The molecule has 1 amide bonds. The lowest BCUT2D eigenvalue weighted by atomic mass is 10.00. The van der Waals surface area contributed by atoms with E-state index < -0.39 is 10.0 Å². The van der Waals surface area contributed by atoms with Crippen molar-refractivity contribution in [3.63, 3.8) is 0 Å². The van der Waals surface area contributed by atoms with Gasteiger partial charge >= 0.3 is 0 Å². The number of methoxy groups -OCH3 is 1. The van der Waals surface area contributed by atoms with E-state index in [0.717, 1.165) is 11.1 Å². The Balaban J connectivity index is 1.69. The number of nitrogens with zero attached hydrogens (tertiary/aromatic N) is 1. The number of benzene rings is 2. The maximum atomic E-state index is 13.0. The van der Waals surface area contributed by atoms with Gasteiger partial charge in [-0.2, -0.15) is 4.31 Å². The first kappa shape index (κ1) is 24.2. The molecule has 0 bridgehead atoms. The van der Waals surface area contributed by atoms with Gasteiger partial charge in [-0.3, -0.25) is 4.79 Å². The maximum absolute atomic E-state index is 13.0. The van der Waals surface area contributed by atoms with E-state index in [1.54, 1.807) is 18.2 Å². The van der Waals surface area contributed by atoms with Gasteiger partial charge in [0.1, 0.15) is 5.75 Å². The summed E-state index contributed by atoms with van der Waals surface area (Å²) in [6, 6.07) is 10.9. The van der Waals surface area contributed by atoms with Crippen molar-refractivity contribution in [2.24, 2.45) is 0 Å². The molecule has 8 heteroatoms. The molecule has 1 atom stereocenters. The summed E-state index contributed by atoms with van der Waals surface area (Å²) in [4.78, 5) is 12.8. The van der Waals surface area contributed by atoms with Crippen LogP contribution in [0.25, 0.3) is 0 Å². The molecule has 2 aromatic carbocycles. The van der Waals surface area contributed by atoms with Crippen molar-refractivity contribution < 1.29 is 22.7 Å². The van der Waals surface area contributed by atoms with Crippen LogP contribution >= 0.6 is 0 Å². The molecule has 3 rings (SSSR count). The molecule has 1 aliphatic rings. The third kappa shape index (κ3) is 5.68. The Labute approximate surface area is 190 Å². The summed E-state index contributed by atoms with van der Waals surface area (Å²) in [5, 5.41) is 3.04. The minimum Gasteiger partial charge on any atom is -0.496 e. The fraction of sp³-hybridized carbons (Fsp3) is 0.458. The second-order valence-electron chi connectivity index (χ2n) is 8.14. The number of morpholine rings is 1. The van der Waals surface area contributed by atoms with Crippen molar-refractivity contribution >= 4 is 15.9 Å². The zero-order valence-corrected chi connectivity index (χ0v) is 20.0. The third-order valence-corrected chi connectivity index (χ3v) is 7.65. The molecule has 32 heavy (non-hydrogen) atoms. The van der Waals surface area contributed by atoms with Crippen LogP contribution in [-0.4, -0.2) is 52.0 Å². The number of sulfonamides is 1. The van der Waals surface area contributed by atoms with Crippen LogP contribution in [-0.2, 0) is 26.0 Å². The van der Waals surface area contributed by atoms with E-state index in [2.05, 4.69) is 11.4 Å². The van der Waals surface area contributed by atoms with Crippen LogP contribution < -0.4 is 10.1 Å². The highest BCUT2D eigenvalue weighted by Gasteiger charge is 2.27. The summed E-state index contributed by atoms with van der Waals surface area (Å²) in [6.07, 6.45) is 0.605. The fourth-order valence-corrected chi connectivity index (χ4v) is 5.46. The van der Waals surface area contributed by atoms with E-state index in [-0.39, 0.29) is 23.3 Å². The molecule has 174 valence electrons. The summed E-state index contributed by atoms with van der Waals surface area (Å²) in [5.74, 6) is 0.474. The van der Waals surface area contributed by atoms with E-state index in [4.69, 9.17) is 9.47 Å². The molecule has 0 saturated carbocycles. The number of carbonyl (C=O) groups excluding carboxylic acids is 1. The van der Waals surface area contributed by atoms with Crippen molar-refractivity contribution in [1.29, 1.82) is 0 Å².